The average Bonchev–Trinajstić information content (AvgIpc) is 3.23. The molecular weight excluding hydrogens is 410 g/mol. The third-order valence-electron chi connectivity index (χ3n) is 3.78. The third kappa shape index (κ3) is 16.3. The summed E-state index contributed by atoms with van der Waals surface area (Å²) >= 11 is 0. The highest BCUT2D eigenvalue weighted by Gasteiger charge is 2.01. The quantitative estimate of drug-likeness (QED) is 0.172. The summed E-state index contributed by atoms with van der Waals surface area (Å²) in [5, 5.41) is 13.3. The Morgan fingerprint density at radius 2 is 1.55 bits per heavy atom. The first-order valence-corrected chi connectivity index (χ1v) is 10.5. The molecule has 1 heterocycles. The van der Waals surface area contributed by atoms with Gasteiger partial charge in [-0.15, -0.1) is 5.10 Å². The summed E-state index contributed by atoms with van der Waals surface area (Å²) in [7, 11) is 0. The molecule has 0 aliphatic rings. The van der Waals surface area contributed by atoms with Crippen LogP contribution in [0.15, 0.2) is 6.20 Å². The van der Waals surface area contributed by atoms with E-state index >= 15 is 0 Å². The molecule has 0 unspecified atom stereocenters. The Hall–Kier alpha value is -2.12. The van der Waals surface area contributed by atoms with Gasteiger partial charge in [-0.2, -0.15) is 0 Å². The van der Waals surface area contributed by atoms with Gasteiger partial charge in [0.15, 0.2) is 0 Å². The summed E-state index contributed by atoms with van der Waals surface area (Å²) in [6.45, 7) is 8.02. The van der Waals surface area contributed by atoms with Crippen LogP contribution in [0.25, 0.3) is 0 Å². The van der Waals surface area contributed by atoms with Crippen molar-refractivity contribution in [2.45, 2.75) is 26.5 Å². The minimum atomic E-state index is 0.0215. The van der Waals surface area contributed by atoms with E-state index in [1.807, 2.05) is 13.1 Å². The molecule has 0 atom stereocenters. The van der Waals surface area contributed by atoms with Crippen LogP contribution in [-0.2, 0) is 46.4 Å². The largest absolute Gasteiger partial charge is 0.377 e. The number of hydrogen-bond donors (Lipinski definition) is 2. The van der Waals surface area contributed by atoms with Crippen LogP contribution in [0.4, 0.5) is 0 Å². The van der Waals surface area contributed by atoms with Gasteiger partial charge in [-0.25, -0.2) is 4.68 Å². The number of hydrogen-bond acceptors (Lipinski definition) is 9. The number of rotatable bonds is 22. The fourth-order valence-corrected chi connectivity index (χ4v) is 2.19. The smallest absolute Gasteiger partial charge is 0.219 e. The van der Waals surface area contributed by atoms with Crippen LogP contribution in [0.1, 0.15) is 19.0 Å². The predicted molar refractivity (Wildman–Crippen MR) is 110 cm³/mol. The Kier molecular flexibility index (Phi) is 17.2. The monoisotopic (exact) mass is 445 g/mol. The lowest BCUT2D eigenvalue weighted by molar-refractivity contribution is -0.121. The van der Waals surface area contributed by atoms with Crippen molar-refractivity contribution < 1.29 is 33.3 Å². The van der Waals surface area contributed by atoms with E-state index in [1.54, 1.807) is 4.68 Å². The number of ether oxygens (including phenoxy) is 5. The van der Waals surface area contributed by atoms with Crippen molar-refractivity contribution in [2.24, 2.45) is 0 Å². The van der Waals surface area contributed by atoms with E-state index < -0.39 is 0 Å². The molecule has 12 nitrogen and oxygen atoms in total. The second-order valence-electron chi connectivity index (χ2n) is 6.25. The Labute approximate surface area is 182 Å². The zero-order valence-corrected chi connectivity index (χ0v) is 18.3. The number of carbonyl (C=O) groups is 2. The predicted octanol–water partition coefficient (Wildman–Crippen LogP) is -0.867. The highest BCUT2D eigenvalue weighted by atomic mass is 16.5. The molecule has 1 aromatic heterocycles. The van der Waals surface area contributed by atoms with Crippen LogP contribution in [0, 0.1) is 0 Å². The van der Waals surface area contributed by atoms with Gasteiger partial charge in [-0.05, 0) is 0 Å². The van der Waals surface area contributed by atoms with Crippen LogP contribution >= 0.6 is 0 Å². The fraction of sp³-hybridized carbons (Fsp3) is 0.789. The van der Waals surface area contributed by atoms with E-state index in [0.717, 1.165) is 5.69 Å². The van der Waals surface area contributed by atoms with Crippen molar-refractivity contribution in [3.63, 3.8) is 0 Å². The fourth-order valence-electron chi connectivity index (χ4n) is 2.19. The lowest BCUT2D eigenvalue weighted by Crippen LogP contribution is -2.26. The minimum absolute atomic E-state index is 0.0215. The van der Waals surface area contributed by atoms with Crippen LogP contribution in [0.3, 0.4) is 0 Å². The number of carbonyl (C=O) groups excluding carboxylic acids is 2. The molecule has 0 aromatic carbocycles. The maximum absolute atomic E-state index is 11.0. The molecule has 31 heavy (non-hydrogen) atoms. The van der Waals surface area contributed by atoms with E-state index in [2.05, 4.69) is 20.9 Å². The van der Waals surface area contributed by atoms with E-state index in [1.165, 1.54) is 0 Å². The van der Waals surface area contributed by atoms with Crippen molar-refractivity contribution in [3.05, 3.63) is 11.9 Å². The molecule has 0 fully saturated rings. The van der Waals surface area contributed by atoms with E-state index in [-0.39, 0.29) is 5.91 Å². The van der Waals surface area contributed by atoms with Crippen LogP contribution in [0.5, 0.6) is 0 Å². The Bertz CT molecular complexity index is 574. The zero-order chi connectivity index (χ0) is 22.4. The van der Waals surface area contributed by atoms with Crippen molar-refractivity contribution >= 4 is 12.3 Å². The van der Waals surface area contributed by atoms with Gasteiger partial charge < -0.3 is 34.3 Å². The highest BCUT2D eigenvalue weighted by Crippen LogP contribution is 1.96. The van der Waals surface area contributed by atoms with Crippen LogP contribution < -0.4 is 10.6 Å². The van der Waals surface area contributed by atoms with Crippen LogP contribution in [-0.4, -0.2) is 99.9 Å². The molecule has 0 spiro atoms. The van der Waals surface area contributed by atoms with Crippen LogP contribution in [0.2, 0.25) is 0 Å². The lowest BCUT2D eigenvalue weighted by Gasteiger charge is -2.07. The second-order valence-corrected chi connectivity index (χ2v) is 6.25. The Morgan fingerprint density at radius 1 is 0.935 bits per heavy atom. The molecule has 0 saturated carbocycles. The van der Waals surface area contributed by atoms with Gasteiger partial charge >= 0.3 is 0 Å². The Balaban J connectivity index is 1.88. The summed E-state index contributed by atoms with van der Waals surface area (Å²) in [4.78, 5) is 21.1. The maximum atomic E-state index is 11.0. The van der Waals surface area contributed by atoms with E-state index in [9.17, 15) is 9.59 Å². The molecule has 0 bridgehead atoms. The van der Waals surface area contributed by atoms with E-state index in [0.29, 0.717) is 98.5 Å². The summed E-state index contributed by atoms with van der Waals surface area (Å²) in [5.74, 6) is 0.0215. The first-order chi connectivity index (χ1) is 15.3. The first kappa shape index (κ1) is 26.9. The van der Waals surface area contributed by atoms with Gasteiger partial charge in [0.25, 0.3) is 0 Å². The molecule has 1 rings (SSSR count). The van der Waals surface area contributed by atoms with Gasteiger partial charge in [0.05, 0.1) is 78.8 Å². The molecule has 12 heteroatoms. The van der Waals surface area contributed by atoms with Gasteiger partial charge in [-0.3, -0.25) is 9.59 Å². The second kappa shape index (κ2) is 19.8. The number of nitrogens with one attached hydrogen (secondary N) is 2. The molecule has 2 N–H and O–H groups in total. The summed E-state index contributed by atoms with van der Waals surface area (Å²) in [6, 6.07) is 0. The van der Waals surface area contributed by atoms with Crippen molar-refractivity contribution in [1.82, 2.24) is 25.6 Å². The van der Waals surface area contributed by atoms with E-state index in [4.69, 9.17) is 23.7 Å². The van der Waals surface area contributed by atoms with Gasteiger partial charge in [-0.1, -0.05) is 12.1 Å². The summed E-state index contributed by atoms with van der Waals surface area (Å²) < 4.78 is 28.7. The first-order valence-electron chi connectivity index (χ1n) is 10.5. The van der Waals surface area contributed by atoms with Crippen molar-refractivity contribution in [2.75, 3.05) is 72.6 Å². The topological polar surface area (TPSA) is 135 Å². The van der Waals surface area contributed by atoms with Gasteiger partial charge in [0.1, 0.15) is 5.69 Å². The molecule has 178 valence electrons. The molecule has 1 aromatic rings. The highest BCUT2D eigenvalue weighted by molar-refractivity contribution is 5.75. The molecule has 0 aliphatic heterocycles. The Morgan fingerprint density at radius 3 is 2.23 bits per heavy atom. The van der Waals surface area contributed by atoms with Gasteiger partial charge in [0.2, 0.25) is 12.3 Å². The molecule has 0 saturated heterocycles. The third-order valence-corrected chi connectivity index (χ3v) is 3.78. The normalized spacial score (nSPS) is 10.9. The molecular formula is C19H35N5O7. The molecule has 2 amide bonds. The van der Waals surface area contributed by atoms with Crippen molar-refractivity contribution in [3.8, 4) is 0 Å². The lowest BCUT2D eigenvalue weighted by atomic mass is 10.4. The van der Waals surface area contributed by atoms with Gasteiger partial charge in [0, 0.05) is 19.5 Å². The van der Waals surface area contributed by atoms with Crippen molar-refractivity contribution in [1.29, 1.82) is 0 Å². The summed E-state index contributed by atoms with van der Waals surface area (Å²) in [6.07, 6.45) is 2.94. The molecule has 0 aliphatic carbocycles. The SMILES string of the molecule is CCC(=O)NCCOCCOCCOCc1cn(CCOCCOCCNC=O)nn1. The number of amides is 2. The maximum Gasteiger partial charge on any atom is 0.219 e. The summed E-state index contributed by atoms with van der Waals surface area (Å²) in [5.41, 5.74) is 0.739. The molecule has 0 radical (unpaired) electrons. The zero-order valence-electron chi connectivity index (χ0n) is 18.3. The standard InChI is InChI=1S/C19H35N5O7/c1-2-19(26)21-4-7-28-10-12-30-13-14-31-16-18-15-24(23-22-18)5-8-29-11-9-27-6-3-20-17-25/h15,17H,2-14,16H2,1H3,(H,20,25)(H,21,26). The average molecular weight is 446 g/mol. The number of aromatic nitrogens is 3. The minimum Gasteiger partial charge on any atom is -0.377 e. The number of nitrogens with zero attached hydrogens (tertiary/aromatic N) is 3.